The van der Waals surface area contributed by atoms with Gasteiger partial charge in [-0.3, -0.25) is 9.59 Å². The van der Waals surface area contributed by atoms with Gasteiger partial charge >= 0.3 is 0 Å². The highest BCUT2D eigenvalue weighted by molar-refractivity contribution is 7.89. The van der Waals surface area contributed by atoms with Gasteiger partial charge in [0.15, 0.2) is 0 Å². The monoisotopic (exact) mass is 468 g/mol. The van der Waals surface area contributed by atoms with Gasteiger partial charge < -0.3 is 16.0 Å². The lowest BCUT2D eigenvalue weighted by Gasteiger charge is -2.30. The number of piperidine rings is 1. The van der Waals surface area contributed by atoms with E-state index in [0.29, 0.717) is 19.5 Å². The van der Waals surface area contributed by atoms with Gasteiger partial charge in [-0.05, 0) is 55.1 Å². The van der Waals surface area contributed by atoms with E-state index in [1.54, 1.807) is 17.0 Å². The van der Waals surface area contributed by atoms with Crippen LogP contribution in [-0.4, -0.2) is 57.4 Å². The molecule has 1 fully saturated rings. The molecule has 4 N–H and O–H groups in total. The number of carbonyl (C=O) groups excluding carboxylic acids is 2. The number of rotatable bonds is 8. The van der Waals surface area contributed by atoms with Crippen LogP contribution in [0.2, 0.25) is 0 Å². The number of likely N-dealkylation sites (tertiary alicyclic amines) is 1. The number of amides is 2. The Kier molecular flexibility index (Phi) is 9.24. The maximum atomic E-state index is 12.7. The SMILES string of the molecule is Cl.NCCC(NC(=O)CNS(=O)(=O)c1ccc2ccccc2c1)C(=O)N1CCCCC1. The van der Waals surface area contributed by atoms with Crippen molar-refractivity contribution in [3.8, 4) is 0 Å². The van der Waals surface area contributed by atoms with Gasteiger partial charge in [-0.25, -0.2) is 13.1 Å². The summed E-state index contributed by atoms with van der Waals surface area (Å²) in [7, 11) is -3.87. The van der Waals surface area contributed by atoms with Crippen LogP contribution < -0.4 is 15.8 Å². The standard InChI is InChI=1S/C21H28N4O4S.ClH/c22-11-10-19(21(27)25-12-4-1-5-13-25)24-20(26)15-23-30(28,29)18-9-8-16-6-2-3-7-17(16)14-18;/h2-3,6-9,14,19,23H,1,4-5,10-13,15,22H2,(H,24,26);1H. The van der Waals surface area contributed by atoms with Crippen molar-refractivity contribution in [2.45, 2.75) is 36.6 Å². The van der Waals surface area contributed by atoms with E-state index in [4.69, 9.17) is 5.73 Å². The minimum absolute atomic E-state index is 0. The Bertz CT molecular complexity index is 1010. The second-order valence-electron chi connectivity index (χ2n) is 7.42. The van der Waals surface area contributed by atoms with Crippen molar-refractivity contribution in [2.24, 2.45) is 5.73 Å². The molecule has 2 amide bonds. The summed E-state index contributed by atoms with van der Waals surface area (Å²) in [6.07, 6.45) is 3.29. The lowest BCUT2D eigenvalue weighted by molar-refractivity contribution is -0.137. The van der Waals surface area contributed by atoms with Crippen LogP contribution in [0.3, 0.4) is 0 Å². The first-order chi connectivity index (χ1) is 14.4. The highest BCUT2D eigenvalue weighted by Gasteiger charge is 2.27. The first-order valence-corrected chi connectivity index (χ1v) is 11.7. The third-order valence-corrected chi connectivity index (χ3v) is 6.61. The molecular weight excluding hydrogens is 440 g/mol. The highest BCUT2D eigenvalue weighted by atomic mass is 35.5. The molecule has 2 aromatic rings. The van der Waals surface area contributed by atoms with Gasteiger partial charge in [0.1, 0.15) is 6.04 Å². The molecule has 8 nitrogen and oxygen atoms in total. The zero-order chi connectivity index (χ0) is 21.6. The van der Waals surface area contributed by atoms with Crippen LogP contribution in [0.4, 0.5) is 0 Å². The molecule has 3 rings (SSSR count). The van der Waals surface area contributed by atoms with Crippen LogP contribution in [0.15, 0.2) is 47.4 Å². The van der Waals surface area contributed by atoms with Crippen LogP contribution in [0.5, 0.6) is 0 Å². The molecule has 0 aliphatic carbocycles. The summed E-state index contributed by atoms with van der Waals surface area (Å²) in [6, 6.07) is 11.5. The lowest BCUT2D eigenvalue weighted by Crippen LogP contribution is -2.52. The number of carbonyl (C=O) groups is 2. The maximum Gasteiger partial charge on any atom is 0.245 e. The van der Waals surface area contributed by atoms with Gasteiger partial charge in [0.2, 0.25) is 21.8 Å². The fourth-order valence-corrected chi connectivity index (χ4v) is 4.60. The van der Waals surface area contributed by atoms with E-state index in [1.807, 2.05) is 24.3 Å². The van der Waals surface area contributed by atoms with Crippen molar-refractivity contribution in [2.75, 3.05) is 26.2 Å². The molecule has 1 unspecified atom stereocenters. The summed E-state index contributed by atoms with van der Waals surface area (Å²) < 4.78 is 27.5. The van der Waals surface area contributed by atoms with Crippen molar-refractivity contribution in [1.29, 1.82) is 0 Å². The van der Waals surface area contributed by atoms with E-state index in [0.717, 1.165) is 30.0 Å². The fraction of sp³-hybridized carbons (Fsp3) is 0.429. The van der Waals surface area contributed by atoms with Crippen molar-refractivity contribution >= 4 is 45.0 Å². The summed E-state index contributed by atoms with van der Waals surface area (Å²) in [5, 5.41) is 4.35. The maximum absolute atomic E-state index is 12.7. The molecule has 1 heterocycles. The first-order valence-electron chi connectivity index (χ1n) is 10.2. The summed E-state index contributed by atoms with van der Waals surface area (Å²) in [4.78, 5) is 26.9. The number of nitrogens with two attached hydrogens (primary N) is 1. The third-order valence-electron chi connectivity index (χ3n) is 5.21. The Morgan fingerprint density at radius 3 is 2.39 bits per heavy atom. The Morgan fingerprint density at radius 2 is 1.71 bits per heavy atom. The van der Waals surface area contributed by atoms with Crippen molar-refractivity contribution in [3.63, 3.8) is 0 Å². The predicted molar refractivity (Wildman–Crippen MR) is 122 cm³/mol. The zero-order valence-corrected chi connectivity index (χ0v) is 18.9. The number of nitrogens with one attached hydrogen (secondary N) is 2. The minimum atomic E-state index is -3.87. The van der Waals surface area contributed by atoms with E-state index >= 15 is 0 Å². The van der Waals surface area contributed by atoms with Crippen LogP contribution in [-0.2, 0) is 19.6 Å². The molecule has 1 atom stereocenters. The van der Waals surface area contributed by atoms with Gasteiger partial charge in [0.05, 0.1) is 11.4 Å². The summed E-state index contributed by atoms with van der Waals surface area (Å²) in [5.74, 6) is -0.728. The average molecular weight is 469 g/mol. The summed E-state index contributed by atoms with van der Waals surface area (Å²) in [6.45, 7) is 1.13. The molecule has 1 aliphatic heterocycles. The minimum Gasteiger partial charge on any atom is -0.343 e. The second-order valence-corrected chi connectivity index (χ2v) is 9.18. The summed E-state index contributed by atoms with van der Waals surface area (Å²) >= 11 is 0. The summed E-state index contributed by atoms with van der Waals surface area (Å²) in [5.41, 5.74) is 5.60. The first kappa shape index (κ1) is 25.1. The number of hydrogen-bond acceptors (Lipinski definition) is 5. The van der Waals surface area contributed by atoms with Gasteiger partial charge in [-0.1, -0.05) is 30.3 Å². The topological polar surface area (TPSA) is 122 Å². The van der Waals surface area contributed by atoms with Crippen LogP contribution >= 0.6 is 12.4 Å². The van der Waals surface area contributed by atoms with E-state index < -0.39 is 28.5 Å². The number of halogens is 1. The van der Waals surface area contributed by atoms with Gasteiger partial charge in [0, 0.05) is 13.1 Å². The number of sulfonamides is 1. The number of benzene rings is 2. The van der Waals surface area contributed by atoms with E-state index in [9.17, 15) is 18.0 Å². The average Bonchev–Trinajstić information content (AvgIpc) is 2.77. The Balaban J connectivity index is 0.00000341. The number of hydrogen-bond donors (Lipinski definition) is 3. The normalized spacial score (nSPS) is 15.2. The third kappa shape index (κ3) is 6.64. The molecule has 0 bridgehead atoms. The molecule has 31 heavy (non-hydrogen) atoms. The van der Waals surface area contributed by atoms with Crippen LogP contribution in [0.25, 0.3) is 10.8 Å². The van der Waals surface area contributed by atoms with Crippen molar-refractivity contribution in [3.05, 3.63) is 42.5 Å². The largest absolute Gasteiger partial charge is 0.343 e. The Morgan fingerprint density at radius 1 is 1.03 bits per heavy atom. The molecule has 2 aromatic carbocycles. The molecule has 0 spiro atoms. The van der Waals surface area contributed by atoms with Gasteiger partial charge in [-0.15, -0.1) is 12.4 Å². The molecule has 170 valence electrons. The quantitative estimate of drug-likeness (QED) is 0.540. The van der Waals surface area contributed by atoms with E-state index in [-0.39, 0.29) is 29.8 Å². The molecule has 0 saturated carbocycles. The Labute approximate surface area is 189 Å². The zero-order valence-electron chi connectivity index (χ0n) is 17.2. The second kappa shape index (κ2) is 11.4. The molecule has 1 saturated heterocycles. The molecular formula is C21H29ClN4O4S. The molecule has 1 aliphatic rings. The van der Waals surface area contributed by atoms with Crippen LogP contribution in [0.1, 0.15) is 25.7 Å². The lowest BCUT2D eigenvalue weighted by atomic mass is 10.1. The smallest absolute Gasteiger partial charge is 0.245 e. The van der Waals surface area contributed by atoms with Gasteiger partial charge in [-0.2, -0.15) is 0 Å². The Hall–Kier alpha value is -2.20. The number of nitrogens with zero attached hydrogens (tertiary/aromatic N) is 1. The van der Waals surface area contributed by atoms with Gasteiger partial charge in [0.25, 0.3) is 0 Å². The molecule has 10 heteroatoms. The van der Waals surface area contributed by atoms with E-state index in [2.05, 4.69) is 10.0 Å². The predicted octanol–water partition coefficient (Wildman–Crippen LogP) is 1.39. The van der Waals surface area contributed by atoms with E-state index in [1.165, 1.54) is 6.07 Å². The fourth-order valence-electron chi connectivity index (χ4n) is 3.58. The van der Waals surface area contributed by atoms with Crippen molar-refractivity contribution in [1.82, 2.24) is 14.9 Å². The highest BCUT2D eigenvalue weighted by Crippen LogP contribution is 2.18. The van der Waals surface area contributed by atoms with Crippen molar-refractivity contribution < 1.29 is 18.0 Å². The number of fused-ring (bicyclic) bond motifs is 1. The molecule has 0 aromatic heterocycles. The van der Waals surface area contributed by atoms with Crippen LogP contribution in [0, 0.1) is 0 Å². The molecule has 0 radical (unpaired) electrons.